The maximum absolute atomic E-state index is 11.6. The van der Waals surface area contributed by atoms with Gasteiger partial charge in [0.2, 0.25) is 11.8 Å². The molecule has 10 heteroatoms. The van der Waals surface area contributed by atoms with Gasteiger partial charge in [0, 0.05) is 25.7 Å². The van der Waals surface area contributed by atoms with Crippen molar-refractivity contribution in [2.45, 2.75) is 12.5 Å². The first kappa shape index (κ1) is 15.3. The first-order valence-electron chi connectivity index (χ1n) is 5.30. The zero-order valence-corrected chi connectivity index (χ0v) is 10.2. The average molecular weight is 283 g/mol. The van der Waals surface area contributed by atoms with Gasteiger partial charge in [-0.1, -0.05) is 0 Å². The Bertz CT molecular complexity index is 513. The van der Waals surface area contributed by atoms with Gasteiger partial charge in [-0.3, -0.25) is 24.8 Å². The van der Waals surface area contributed by atoms with Gasteiger partial charge in [0.05, 0.1) is 12.0 Å². The molecule has 108 valence electrons. The molecule has 1 aliphatic rings. The summed E-state index contributed by atoms with van der Waals surface area (Å²) in [6.07, 6.45) is -0.292. The van der Waals surface area contributed by atoms with E-state index in [1.807, 2.05) is 5.32 Å². The normalized spacial score (nSPS) is 20.9. The summed E-state index contributed by atoms with van der Waals surface area (Å²) in [5.74, 6) is -6.87. The number of carbonyl (C=O) groups excluding carboxylic acids is 5. The number of aliphatic carboxylic acids is 2. The van der Waals surface area contributed by atoms with Crippen LogP contribution in [0.15, 0.2) is 4.99 Å². The highest BCUT2D eigenvalue weighted by Gasteiger charge is 2.37. The standard InChI is InChI=1S/C10H11N3O7/c1-13-8(17)4(7(16)12-10(13)20)3-11-5(9(18)19)2-6(14)15/h3-5H,2H2,1H3,(H,14,15)(H,18,19)(H,12,16,20)/p-2/t4-,5+/m0/s1. The SMILES string of the molecule is CN1C(=O)NC(=O)[C@H](C=N[C@H](CC(=O)[O-])C(=O)[O-])C1=O. The number of amides is 4. The Morgan fingerprint density at radius 1 is 1.40 bits per heavy atom. The Labute approximate surface area is 112 Å². The molecule has 2 atom stereocenters. The van der Waals surface area contributed by atoms with Crippen molar-refractivity contribution >= 4 is 36.0 Å². The number of hydrogen-bond acceptors (Lipinski definition) is 8. The molecule has 4 amide bonds. The number of carboxylic acids is 2. The largest absolute Gasteiger partial charge is 0.550 e. The smallest absolute Gasteiger partial charge is 0.330 e. The molecule has 1 heterocycles. The topological polar surface area (TPSA) is 159 Å². The summed E-state index contributed by atoms with van der Waals surface area (Å²) < 4.78 is 0. The van der Waals surface area contributed by atoms with E-state index in [2.05, 4.69) is 4.99 Å². The van der Waals surface area contributed by atoms with Crippen LogP contribution in [0.4, 0.5) is 4.79 Å². The van der Waals surface area contributed by atoms with Crippen LogP contribution in [0.1, 0.15) is 6.42 Å². The Morgan fingerprint density at radius 3 is 2.50 bits per heavy atom. The van der Waals surface area contributed by atoms with E-state index < -0.39 is 48.2 Å². The summed E-state index contributed by atoms with van der Waals surface area (Å²) >= 11 is 0. The van der Waals surface area contributed by atoms with Gasteiger partial charge >= 0.3 is 6.03 Å². The minimum absolute atomic E-state index is 0.616. The number of imide groups is 2. The molecule has 0 aliphatic carbocycles. The summed E-state index contributed by atoms with van der Waals surface area (Å²) in [6.45, 7) is 0. The van der Waals surface area contributed by atoms with Crippen molar-refractivity contribution in [1.29, 1.82) is 0 Å². The monoisotopic (exact) mass is 283 g/mol. The van der Waals surface area contributed by atoms with Crippen molar-refractivity contribution < 1.29 is 34.2 Å². The lowest BCUT2D eigenvalue weighted by molar-refractivity contribution is -0.316. The van der Waals surface area contributed by atoms with Crippen LogP contribution in [0.3, 0.4) is 0 Å². The van der Waals surface area contributed by atoms with Gasteiger partial charge in [-0.2, -0.15) is 0 Å². The second-order valence-corrected chi connectivity index (χ2v) is 3.88. The fourth-order valence-corrected chi connectivity index (χ4v) is 1.36. The van der Waals surface area contributed by atoms with Crippen molar-refractivity contribution in [3.05, 3.63) is 0 Å². The van der Waals surface area contributed by atoms with Crippen LogP contribution < -0.4 is 15.5 Å². The molecule has 20 heavy (non-hydrogen) atoms. The van der Waals surface area contributed by atoms with Gasteiger partial charge in [0.15, 0.2) is 5.92 Å². The molecule has 1 N–H and O–H groups in total. The van der Waals surface area contributed by atoms with Gasteiger partial charge < -0.3 is 19.8 Å². The second kappa shape index (κ2) is 5.91. The minimum Gasteiger partial charge on any atom is -0.550 e. The van der Waals surface area contributed by atoms with Crippen LogP contribution in [0.2, 0.25) is 0 Å². The van der Waals surface area contributed by atoms with Crippen LogP contribution >= 0.6 is 0 Å². The number of rotatable bonds is 5. The molecule has 0 saturated carbocycles. The highest BCUT2D eigenvalue weighted by atomic mass is 16.4. The van der Waals surface area contributed by atoms with E-state index >= 15 is 0 Å². The number of nitrogens with one attached hydrogen (secondary N) is 1. The number of nitrogens with zero attached hydrogens (tertiary/aromatic N) is 2. The van der Waals surface area contributed by atoms with Crippen molar-refractivity contribution in [2.75, 3.05) is 7.05 Å². The molecule has 0 aromatic heterocycles. The summed E-state index contributed by atoms with van der Waals surface area (Å²) in [7, 11) is 1.11. The summed E-state index contributed by atoms with van der Waals surface area (Å²) in [6, 6.07) is -2.71. The number of barbiturate groups is 1. The first-order chi connectivity index (χ1) is 9.23. The van der Waals surface area contributed by atoms with E-state index in [1.165, 1.54) is 0 Å². The van der Waals surface area contributed by atoms with Crippen LogP contribution in [-0.2, 0) is 19.2 Å². The van der Waals surface area contributed by atoms with Crippen LogP contribution in [0, 0.1) is 5.92 Å². The molecular formula is C10H9N3O7-2. The van der Waals surface area contributed by atoms with Crippen LogP contribution in [0.5, 0.6) is 0 Å². The highest BCUT2D eigenvalue weighted by Crippen LogP contribution is 2.07. The van der Waals surface area contributed by atoms with E-state index in [1.54, 1.807) is 0 Å². The lowest BCUT2D eigenvalue weighted by Gasteiger charge is -2.25. The zero-order chi connectivity index (χ0) is 15.4. The van der Waals surface area contributed by atoms with Crippen molar-refractivity contribution in [3.63, 3.8) is 0 Å². The molecule has 0 aromatic rings. The third-order valence-electron chi connectivity index (χ3n) is 2.46. The predicted octanol–water partition coefficient (Wildman–Crippen LogP) is -4.36. The van der Waals surface area contributed by atoms with Crippen LogP contribution in [0.25, 0.3) is 0 Å². The van der Waals surface area contributed by atoms with Gasteiger partial charge in [0.25, 0.3) is 0 Å². The molecule has 0 unspecified atom stereocenters. The average Bonchev–Trinajstić information content (AvgIpc) is 2.33. The lowest BCUT2D eigenvalue weighted by Crippen LogP contribution is -2.56. The van der Waals surface area contributed by atoms with E-state index in [-0.39, 0.29) is 0 Å². The number of hydrogen-bond donors (Lipinski definition) is 1. The molecule has 0 bridgehead atoms. The molecule has 0 radical (unpaired) electrons. The fourth-order valence-electron chi connectivity index (χ4n) is 1.36. The number of aliphatic imine (C=N–C) groups is 1. The van der Waals surface area contributed by atoms with Gasteiger partial charge in [-0.15, -0.1) is 0 Å². The quantitative estimate of drug-likeness (QED) is 0.394. The lowest BCUT2D eigenvalue weighted by atomic mass is 10.1. The first-order valence-corrected chi connectivity index (χ1v) is 5.30. The van der Waals surface area contributed by atoms with E-state index in [9.17, 15) is 34.2 Å². The van der Waals surface area contributed by atoms with E-state index in [0.29, 0.717) is 11.1 Å². The maximum atomic E-state index is 11.6. The second-order valence-electron chi connectivity index (χ2n) is 3.88. The van der Waals surface area contributed by atoms with Crippen molar-refractivity contribution in [2.24, 2.45) is 10.9 Å². The maximum Gasteiger partial charge on any atom is 0.330 e. The van der Waals surface area contributed by atoms with Crippen molar-refractivity contribution in [1.82, 2.24) is 10.2 Å². The molecule has 1 aliphatic heterocycles. The van der Waals surface area contributed by atoms with Gasteiger partial charge in [-0.05, 0) is 0 Å². The number of urea groups is 1. The zero-order valence-electron chi connectivity index (χ0n) is 10.2. The molecule has 1 rings (SSSR count). The van der Waals surface area contributed by atoms with Crippen molar-refractivity contribution in [3.8, 4) is 0 Å². The molecular weight excluding hydrogens is 274 g/mol. The highest BCUT2D eigenvalue weighted by molar-refractivity contribution is 6.23. The van der Waals surface area contributed by atoms with Crippen LogP contribution in [-0.4, -0.2) is 54.0 Å². The molecule has 1 saturated heterocycles. The minimum atomic E-state index is -1.79. The fraction of sp³-hybridized carbons (Fsp3) is 0.400. The Balaban J connectivity index is 2.88. The summed E-state index contributed by atoms with van der Waals surface area (Å²) in [5, 5.41) is 22.8. The third kappa shape index (κ3) is 3.37. The Morgan fingerprint density at radius 2 is 2.00 bits per heavy atom. The molecule has 1 fully saturated rings. The Kier molecular flexibility index (Phi) is 4.51. The molecule has 10 nitrogen and oxygen atoms in total. The Hall–Kier alpha value is -2.78. The third-order valence-corrected chi connectivity index (χ3v) is 2.46. The summed E-state index contributed by atoms with van der Waals surface area (Å²) in [5.41, 5.74) is 0. The number of carboxylic acid groups (broad SMARTS) is 2. The van der Waals surface area contributed by atoms with Gasteiger partial charge in [0.1, 0.15) is 0 Å². The van der Waals surface area contributed by atoms with E-state index in [4.69, 9.17) is 0 Å². The summed E-state index contributed by atoms with van der Waals surface area (Å²) in [4.78, 5) is 59.0. The van der Waals surface area contributed by atoms with Gasteiger partial charge in [-0.25, -0.2) is 4.79 Å². The van der Waals surface area contributed by atoms with E-state index in [0.717, 1.165) is 7.05 Å². The predicted molar refractivity (Wildman–Crippen MR) is 56.7 cm³/mol. The number of carbonyl (C=O) groups is 5. The molecule has 0 aromatic carbocycles. The molecule has 0 spiro atoms.